The Morgan fingerprint density at radius 1 is 0.588 bits per heavy atom. The molecule has 17 heavy (non-hydrogen) atoms. The van der Waals surface area contributed by atoms with E-state index in [2.05, 4.69) is 20.8 Å². The Bertz CT molecular complexity index is 189. The van der Waals surface area contributed by atoms with Gasteiger partial charge in [-0.1, -0.05) is 59.3 Å². The third-order valence-corrected chi connectivity index (χ3v) is 6.90. The molecule has 0 saturated carbocycles. The fourth-order valence-corrected chi connectivity index (χ4v) is 5.49. The van der Waals surface area contributed by atoms with Crippen LogP contribution in [0.5, 0.6) is 0 Å². The molecule has 0 saturated heterocycles. The van der Waals surface area contributed by atoms with Gasteiger partial charge in [-0.15, -0.1) is 0 Å². The molecule has 1 nitrogen and oxygen atoms in total. The molecular weight excluding hydrogens is 227 g/mol. The largest absolute Gasteiger partial charge is 0.324 e. The van der Waals surface area contributed by atoms with Gasteiger partial charge in [0.1, 0.15) is 0 Å². The third kappa shape index (κ3) is 9.89. The van der Waals surface area contributed by atoms with Crippen LogP contribution in [0.1, 0.15) is 78.6 Å². The minimum absolute atomic E-state index is 1.01. The summed E-state index contributed by atoms with van der Waals surface area (Å²) < 4.78 is 12.8. The maximum absolute atomic E-state index is 12.8. The molecule has 0 radical (unpaired) electrons. The first-order chi connectivity index (χ1) is 8.18. The molecule has 0 N–H and O–H groups in total. The molecule has 0 aliphatic heterocycles. The minimum Gasteiger partial charge on any atom is -0.324 e. The van der Waals surface area contributed by atoms with Gasteiger partial charge in [-0.05, 0) is 19.3 Å². The van der Waals surface area contributed by atoms with Gasteiger partial charge in [0.15, 0.2) is 0 Å². The van der Waals surface area contributed by atoms with E-state index in [9.17, 15) is 4.57 Å². The summed E-state index contributed by atoms with van der Waals surface area (Å²) in [6, 6.07) is 0. The summed E-state index contributed by atoms with van der Waals surface area (Å²) in [7, 11) is -1.80. The molecule has 0 aliphatic rings. The molecule has 0 aromatic rings. The first-order valence-electron chi connectivity index (χ1n) is 7.75. The molecule has 0 atom stereocenters. The van der Waals surface area contributed by atoms with Crippen LogP contribution in [0.3, 0.4) is 0 Å². The van der Waals surface area contributed by atoms with Gasteiger partial charge in [0.05, 0.1) is 7.14 Å². The van der Waals surface area contributed by atoms with Gasteiger partial charge < -0.3 is 4.57 Å². The van der Waals surface area contributed by atoms with Gasteiger partial charge in [-0.2, -0.15) is 0 Å². The van der Waals surface area contributed by atoms with E-state index in [0.717, 1.165) is 31.3 Å². The van der Waals surface area contributed by atoms with E-state index in [0.29, 0.717) is 0 Å². The fourth-order valence-electron chi connectivity index (χ4n) is 2.23. The Kier molecular flexibility index (Phi) is 11.5. The summed E-state index contributed by atoms with van der Waals surface area (Å²) in [6.45, 7) is 6.64. The molecule has 0 bridgehead atoms. The Hall–Kier alpha value is 0.230. The van der Waals surface area contributed by atoms with E-state index in [1.165, 1.54) is 44.9 Å². The second-order valence-electron chi connectivity index (χ2n) is 5.35. The van der Waals surface area contributed by atoms with Crippen LogP contribution in [0.25, 0.3) is 0 Å². The fraction of sp³-hybridized carbons (Fsp3) is 1.00. The number of hydrogen-bond acceptors (Lipinski definition) is 1. The van der Waals surface area contributed by atoms with E-state index in [4.69, 9.17) is 0 Å². The van der Waals surface area contributed by atoms with E-state index < -0.39 is 7.14 Å². The van der Waals surface area contributed by atoms with Crippen molar-refractivity contribution in [3.8, 4) is 0 Å². The lowest BCUT2D eigenvalue weighted by atomic mass is 10.2. The SMILES string of the molecule is CCCCCCCP(=O)(CCCC)CCCC. The summed E-state index contributed by atoms with van der Waals surface area (Å²) in [5.41, 5.74) is 0. The second-order valence-corrected chi connectivity index (χ2v) is 8.81. The molecular formula is C15H33OP. The number of hydrogen-bond donors (Lipinski definition) is 0. The molecule has 0 amide bonds. The van der Waals surface area contributed by atoms with Crippen molar-refractivity contribution in [3.05, 3.63) is 0 Å². The molecule has 0 heterocycles. The molecule has 0 fully saturated rings. The van der Waals surface area contributed by atoms with Crippen LogP contribution in [-0.4, -0.2) is 18.5 Å². The highest BCUT2D eigenvalue weighted by Gasteiger charge is 2.19. The Morgan fingerprint density at radius 2 is 1.00 bits per heavy atom. The van der Waals surface area contributed by atoms with Gasteiger partial charge in [-0.3, -0.25) is 0 Å². The predicted molar refractivity (Wildman–Crippen MR) is 80.8 cm³/mol. The van der Waals surface area contributed by atoms with Gasteiger partial charge in [0, 0.05) is 18.5 Å². The van der Waals surface area contributed by atoms with Crippen molar-refractivity contribution < 1.29 is 4.57 Å². The molecule has 2 heteroatoms. The first-order valence-corrected chi connectivity index (χ1v) is 10.0. The zero-order valence-corrected chi connectivity index (χ0v) is 13.2. The molecule has 0 spiro atoms. The molecule has 104 valence electrons. The molecule has 0 aromatic heterocycles. The van der Waals surface area contributed by atoms with Crippen LogP contribution in [0, 0.1) is 0 Å². The smallest absolute Gasteiger partial charge is 0.0877 e. The normalized spacial score (nSPS) is 11.9. The van der Waals surface area contributed by atoms with Crippen LogP contribution in [0.4, 0.5) is 0 Å². The average Bonchev–Trinajstić information content (AvgIpc) is 2.34. The molecule has 0 aromatic carbocycles. The number of rotatable bonds is 12. The summed E-state index contributed by atoms with van der Waals surface area (Å²) in [5.74, 6) is 0. The zero-order chi connectivity index (χ0) is 13.0. The second kappa shape index (κ2) is 11.3. The van der Waals surface area contributed by atoms with Gasteiger partial charge in [0.2, 0.25) is 0 Å². The summed E-state index contributed by atoms with van der Waals surface area (Å²) >= 11 is 0. The lowest BCUT2D eigenvalue weighted by Crippen LogP contribution is -2.01. The van der Waals surface area contributed by atoms with Crippen LogP contribution >= 0.6 is 7.14 Å². The van der Waals surface area contributed by atoms with Crippen molar-refractivity contribution in [3.63, 3.8) is 0 Å². The van der Waals surface area contributed by atoms with Crippen molar-refractivity contribution >= 4 is 7.14 Å². The predicted octanol–water partition coefficient (Wildman–Crippen LogP) is 5.92. The monoisotopic (exact) mass is 260 g/mol. The first kappa shape index (κ1) is 17.2. The third-order valence-electron chi connectivity index (χ3n) is 3.51. The summed E-state index contributed by atoms with van der Waals surface area (Å²) in [5, 5.41) is 0. The summed E-state index contributed by atoms with van der Waals surface area (Å²) in [6.07, 6.45) is 14.2. The highest BCUT2D eigenvalue weighted by molar-refractivity contribution is 7.63. The van der Waals surface area contributed by atoms with Crippen molar-refractivity contribution in [2.24, 2.45) is 0 Å². The quantitative estimate of drug-likeness (QED) is 0.314. The maximum atomic E-state index is 12.8. The maximum Gasteiger partial charge on any atom is 0.0877 e. The van der Waals surface area contributed by atoms with Crippen molar-refractivity contribution in [1.29, 1.82) is 0 Å². The van der Waals surface area contributed by atoms with E-state index in [1.807, 2.05) is 0 Å². The highest BCUT2D eigenvalue weighted by atomic mass is 31.2. The lowest BCUT2D eigenvalue weighted by molar-refractivity contribution is 0.564. The minimum atomic E-state index is -1.80. The van der Waals surface area contributed by atoms with Crippen LogP contribution in [0.2, 0.25) is 0 Å². The zero-order valence-electron chi connectivity index (χ0n) is 12.3. The van der Waals surface area contributed by atoms with Crippen LogP contribution in [-0.2, 0) is 4.57 Å². The molecule has 0 unspecified atom stereocenters. The van der Waals surface area contributed by atoms with Crippen LogP contribution in [0.15, 0.2) is 0 Å². The highest BCUT2D eigenvalue weighted by Crippen LogP contribution is 2.48. The Morgan fingerprint density at radius 3 is 1.47 bits per heavy atom. The van der Waals surface area contributed by atoms with E-state index in [-0.39, 0.29) is 0 Å². The van der Waals surface area contributed by atoms with Gasteiger partial charge >= 0.3 is 0 Å². The lowest BCUT2D eigenvalue weighted by Gasteiger charge is -2.17. The van der Waals surface area contributed by atoms with Crippen molar-refractivity contribution in [2.75, 3.05) is 18.5 Å². The molecule has 0 aliphatic carbocycles. The van der Waals surface area contributed by atoms with Crippen molar-refractivity contribution in [2.45, 2.75) is 78.6 Å². The van der Waals surface area contributed by atoms with Gasteiger partial charge in [-0.25, -0.2) is 0 Å². The van der Waals surface area contributed by atoms with Crippen molar-refractivity contribution in [1.82, 2.24) is 0 Å². The topological polar surface area (TPSA) is 17.1 Å². The van der Waals surface area contributed by atoms with E-state index in [1.54, 1.807) is 0 Å². The Balaban J connectivity index is 3.87. The number of unbranched alkanes of at least 4 members (excludes halogenated alkanes) is 6. The Labute approximate surface area is 109 Å². The standard InChI is InChI=1S/C15H33OP/c1-4-7-10-11-12-15-17(16,13-8-5-2)14-9-6-3/h4-15H2,1-3H3. The average molecular weight is 260 g/mol. The molecule has 0 rings (SSSR count). The summed E-state index contributed by atoms with van der Waals surface area (Å²) in [4.78, 5) is 0. The van der Waals surface area contributed by atoms with E-state index >= 15 is 0 Å². The van der Waals surface area contributed by atoms with Gasteiger partial charge in [0.25, 0.3) is 0 Å². The van der Waals surface area contributed by atoms with Crippen LogP contribution < -0.4 is 0 Å².